The van der Waals surface area contributed by atoms with Gasteiger partial charge in [-0.25, -0.2) is 9.78 Å². The minimum atomic E-state index is -1.29. The van der Waals surface area contributed by atoms with Gasteiger partial charge < -0.3 is 4.74 Å². The Labute approximate surface area is 163 Å². The lowest BCUT2D eigenvalue weighted by Gasteiger charge is -2.15. The number of aromatic nitrogens is 2. The first-order valence-corrected chi connectivity index (χ1v) is 12.8. The fourth-order valence-corrected chi connectivity index (χ4v) is 3.51. The number of esters is 1. The van der Waals surface area contributed by atoms with Crippen molar-refractivity contribution in [3.8, 4) is 0 Å². The van der Waals surface area contributed by atoms with Crippen LogP contribution in [0.5, 0.6) is 0 Å². The van der Waals surface area contributed by atoms with Crippen LogP contribution in [0.2, 0.25) is 30.8 Å². The Bertz CT molecular complexity index is 991. The number of benzene rings is 1. The molecule has 0 saturated carbocycles. The van der Waals surface area contributed by atoms with E-state index >= 15 is 0 Å². The quantitative estimate of drug-likeness (QED) is 0.348. The molecular weight excluding hydrogens is 380 g/mol. The van der Waals surface area contributed by atoms with E-state index < -0.39 is 14.0 Å². The van der Waals surface area contributed by atoms with Gasteiger partial charge in [-0.1, -0.05) is 49.4 Å². The van der Waals surface area contributed by atoms with E-state index in [9.17, 15) is 9.59 Å². The first kappa shape index (κ1) is 19.3. The molecule has 27 heavy (non-hydrogen) atoms. The van der Waals surface area contributed by atoms with Crippen LogP contribution in [0.4, 0.5) is 0 Å². The number of carbonyl (C=O) groups is 2. The van der Waals surface area contributed by atoms with Crippen molar-refractivity contribution in [1.29, 1.82) is 0 Å². The van der Waals surface area contributed by atoms with E-state index in [2.05, 4.69) is 24.6 Å². The van der Waals surface area contributed by atoms with Crippen LogP contribution in [-0.2, 0) is 4.74 Å². The Morgan fingerprint density at radius 1 is 1.15 bits per heavy atom. The van der Waals surface area contributed by atoms with E-state index in [4.69, 9.17) is 16.3 Å². The number of ether oxygens (including phenoxy) is 1. The van der Waals surface area contributed by atoms with Crippen molar-refractivity contribution < 1.29 is 14.3 Å². The van der Waals surface area contributed by atoms with Crippen molar-refractivity contribution in [1.82, 2.24) is 9.55 Å². The van der Waals surface area contributed by atoms with E-state index in [-0.39, 0.29) is 5.91 Å². The number of halogens is 1. The number of para-hydroxylation sites is 1. The molecule has 0 aliphatic heterocycles. The van der Waals surface area contributed by atoms with E-state index in [1.807, 2.05) is 18.2 Å². The average Bonchev–Trinajstić information content (AvgIpc) is 3.00. The van der Waals surface area contributed by atoms with E-state index in [1.54, 1.807) is 24.4 Å². The molecule has 0 saturated heterocycles. The van der Waals surface area contributed by atoms with Gasteiger partial charge >= 0.3 is 5.97 Å². The van der Waals surface area contributed by atoms with Crippen LogP contribution in [0.1, 0.15) is 20.7 Å². The number of carbonyl (C=O) groups excluding carboxylic acids is 2. The number of rotatable bonds is 5. The maximum atomic E-state index is 12.9. The second-order valence-corrected chi connectivity index (χ2v) is 13.6. The summed E-state index contributed by atoms with van der Waals surface area (Å²) in [6, 6.07) is 11.3. The second-order valence-electron chi connectivity index (χ2n) is 7.55. The van der Waals surface area contributed by atoms with Gasteiger partial charge in [0, 0.05) is 25.9 Å². The topological polar surface area (TPSA) is 61.2 Å². The highest BCUT2D eigenvalue weighted by Gasteiger charge is 2.21. The standard InChI is InChI=1S/C20H21ClN2O3Si/c1-27(2,3)11-10-26-20(25)16-13-23(17-7-5-4-6-15(16)17)19(24)14-8-9-18(21)22-12-14/h4-9,12-13H,10-11H2,1-3H3. The van der Waals surface area contributed by atoms with E-state index in [1.165, 1.54) is 10.8 Å². The Morgan fingerprint density at radius 2 is 1.89 bits per heavy atom. The summed E-state index contributed by atoms with van der Waals surface area (Å²) in [6.45, 7) is 7.08. The summed E-state index contributed by atoms with van der Waals surface area (Å²) in [4.78, 5) is 29.4. The van der Waals surface area contributed by atoms with Gasteiger partial charge in [0.2, 0.25) is 0 Å². The molecule has 0 bridgehead atoms. The third kappa shape index (κ3) is 4.46. The molecule has 0 aliphatic carbocycles. The summed E-state index contributed by atoms with van der Waals surface area (Å²) in [5.41, 5.74) is 1.42. The third-order valence-corrected chi connectivity index (χ3v) is 6.14. The fourth-order valence-electron chi connectivity index (χ4n) is 2.68. The molecule has 2 aromatic heterocycles. The van der Waals surface area contributed by atoms with Gasteiger partial charge in [0.1, 0.15) is 5.15 Å². The number of nitrogens with zero attached hydrogens (tertiary/aromatic N) is 2. The molecule has 3 aromatic rings. The summed E-state index contributed by atoms with van der Waals surface area (Å²) in [6.07, 6.45) is 2.96. The Hall–Kier alpha value is -2.44. The van der Waals surface area contributed by atoms with Crippen LogP contribution in [0.25, 0.3) is 10.9 Å². The van der Waals surface area contributed by atoms with Crippen molar-refractivity contribution in [2.45, 2.75) is 25.7 Å². The monoisotopic (exact) mass is 400 g/mol. The average molecular weight is 401 g/mol. The molecule has 5 nitrogen and oxygen atoms in total. The molecule has 0 atom stereocenters. The molecule has 140 valence electrons. The molecule has 0 aliphatic rings. The molecule has 3 rings (SSSR count). The summed E-state index contributed by atoms with van der Waals surface area (Å²) in [7, 11) is -1.29. The van der Waals surface area contributed by atoms with Gasteiger partial charge in [-0.15, -0.1) is 0 Å². The molecule has 0 fully saturated rings. The smallest absolute Gasteiger partial charge is 0.340 e. The van der Waals surface area contributed by atoms with Crippen LogP contribution in [0, 0.1) is 0 Å². The van der Waals surface area contributed by atoms with Crippen molar-refractivity contribution in [2.24, 2.45) is 0 Å². The number of fused-ring (bicyclic) bond motifs is 1. The predicted molar refractivity (Wildman–Crippen MR) is 109 cm³/mol. The van der Waals surface area contributed by atoms with Gasteiger partial charge in [-0.05, 0) is 24.2 Å². The number of hydrogen-bond acceptors (Lipinski definition) is 4. The lowest BCUT2D eigenvalue weighted by Crippen LogP contribution is -2.22. The van der Waals surface area contributed by atoms with E-state index in [0.717, 1.165) is 6.04 Å². The maximum absolute atomic E-state index is 12.9. The van der Waals surface area contributed by atoms with E-state index in [0.29, 0.717) is 33.8 Å². The second kappa shape index (κ2) is 7.66. The first-order valence-electron chi connectivity index (χ1n) is 8.70. The van der Waals surface area contributed by atoms with Crippen LogP contribution < -0.4 is 0 Å². The normalized spacial score (nSPS) is 11.6. The highest BCUT2D eigenvalue weighted by Crippen LogP contribution is 2.24. The fraction of sp³-hybridized carbons (Fsp3) is 0.250. The van der Waals surface area contributed by atoms with Gasteiger partial charge in [0.15, 0.2) is 0 Å². The van der Waals surface area contributed by atoms with Crippen LogP contribution in [0.3, 0.4) is 0 Å². The summed E-state index contributed by atoms with van der Waals surface area (Å²) in [5.74, 6) is -0.693. The maximum Gasteiger partial charge on any atom is 0.340 e. The Kier molecular flexibility index (Phi) is 5.48. The van der Waals surface area contributed by atoms with Crippen molar-refractivity contribution in [2.75, 3.05) is 6.61 Å². The molecule has 0 spiro atoms. The third-order valence-electron chi connectivity index (χ3n) is 4.21. The zero-order valence-electron chi connectivity index (χ0n) is 15.5. The lowest BCUT2D eigenvalue weighted by atomic mass is 10.2. The first-order chi connectivity index (χ1) is 12.8. The summed E-state index contributed by atoms with van der Waals surface area (Å²) in [5, 5.41) is 1.00. The molecular formula is C20H21ClN2O3Si. The Morgan fingerprint density at radius 3 is 2.56 bits per heavy atom. The Balaban J connectivity index is 1.93. The molecule has 7 heteroatoms. The molecule has 0 N–H and O–H groups in total. The SMILES string of the molecule is C[Si](C)(C)CCOC(=O)c1cn(C(=O)c2ccc(Cl)nc2)c2ccccc12. The largest absolute Gasteiger partial charge is 0.462 e. The summed E-state index contributed by atoms with van der Waals surface area (Å²) >= 11 is 5.80. The van der Waals surface area contributed by atoms with Crippen molar-refractivity contribution in [3.05, 3.63) is 65.1 Å². The highest BCUT2D eigenvalue weighted by molar-refractivity contribution is 6.76. The van der Waals surface area contributed by atoms with Crippen LogP contribution >= 0.6 is 11.6 Å². The molecule has 0 unspecified atom stereocenters. The van der Waals surface area contributed by atoms with Gasteiger partial charge in [-0.2, -0.15) is 0 Å². The van der Waals surface area contributed by atoms with Crippen LogP contribution in [0.15, 0.2) is 48.8 Å². The zero-order chi connectivity index (χ0) is 19.6. The zero-order valence-corrected chi connectivity index (χ0v) is 17.3. The number of hydrogen-bond donors (Lipinski definition) is 0. The van der Waals surface area contributed by atoms with Gasteiger partial charge in [0.25, 0.3) is 5.91 Å². The van der Waals surface area contributed by atoms with Crippen LogP contribution in [-0.4, -0.2) is 36.1 Å². The molecule has 0 amide bonds. The number of pyridine rings is 1. The minimum Gasteiger partial charge on any atom is -0.462 e. The molecule has 0 radical (unpaired) electrons. The van der Waals surface area contributed by atoms with Crippen molar-refractivity contribution >= 4 is 42.5 Å². The van der Waals surface area contributed by atoms with Gasteiger partial charge in [-0.3, -0.25) is 9.36 Å². The minimum absolute atomic E-state index is 0.281. The molecule has 2 heterocycles. The highest BCUT2D eigenvalue weighted by atomic mass is 35.5. The summed E-state index contributed by atoms with van der Waals surface area (Å²) < 4.78 is 6.92. The lowest BCUT2D eigenvalue weighted by molar-refractivity contribution is 0.0527. The van der Waals surface area contributed by atoms with Crippen molar-refractivity contribution in [3.63, 3.8) is 0 Å². The molecule has 1 aromatic carbocycles. The van der Waals surface area contributed by atoms with Gasteiger partial charge in [0.05, 0.1) is 23.3 Å². The predicted octanol–water partition coefficient (Wildman–Crippen LogP) is 4.87.